The van der Waals surface area contributed by atoms with Crippen LogP contribution in [0.15, 0.2) is 48.5 Å². The standard InChI is InChI=1S/C22H25FN2O3/c1-3-25-20(26)13-12-17(21(25)16-9-5-7-11-19(16)28-2)22(27)24-14-15-8-4-6-10-18(15)23/h4-11,17,21H,3,12-14H2,1-2H3,(H,24,27)/t17-,21+/m1/s1. The Morgan fingerprint density at radius 3 is 2.64 bits per heavy atom. The van der Waals surface area contributed by atoms with Crippen molar-refractivity contribution in [2.24, 2.45) is 5.92 Å². The van der Waals surface area contributed by atoms with Crippen LogP contribution in [0.5, 0.6) is 5.75 Å². The Balaban J connectivity index is 1.87. The number of hydrogen-bond acceptors (Lipinski definition) is 3. The van der Waals surface area contributed by atoms with Gasteiger partial charge in [-0.25, -0.2) is 4.39 Å². The molecule has 1 saturated heterocycles. The van der Waals surface area contributed by atoms with Crippen LogP contribution in [0, 0.1) is 11.7 Å². The van der Waals surface area contributed by atoms with Gasteiger partial charge in [-0.3, -0.25) is 9.59 Å². The molecule has 2 aromatic carbocycles. The Morgan fingerprint density at radius 2 is 1.93 bits per heavy atom. The fraction of sp³-hybridized carbons (Fsp3) is 0.364. The van der Waals surface area contributed by atoms with Crippen molar-refractivity contribution in [3.8, 4) is 5.75 Å². The van der Waals surface area contributed by atoms with E-state index >= 15 is 0 Å². The maximum Gasteiger partial charge on any atom is 0.225 e. The molecule has 1 N–H and O–H groups in total. The summed E-state index contributed by atoms with van der Waals surface area (Å²) in [6, 6.07) is 13.4. The second kappa shape index (κ2) is 8.87. The molecular weight excluding hydrogens is 359 g/mol. The molecule has 2 aromatic rings. The zero-order valence-electron chi connectivity index (χ0n) is 16.2. The van der Waals surface area contributed by atoms with Crippen LogP contribution in [0.1, 0.15) is 36.9 Å². The van der Waals surface area contributed by atoms with Crippen molar-refractivity contribution in [3.63, 3.8) is 0 Å². The Kier molecular flexibility index (Phi) is 6.29. The molecule has 2 amide bonds. The zero-order chi connectivity index (χ0) is 20.1. The molecule has 0 bridgehead atoms. The summed E-state index contributed by atoms with van der Waals surface area (Å²) in [6.45, 7) is 2.51. The number of likely N-dealkylation sites (tertiary alicyclic amines) is 1. The first kappa shape index (κ1) is 19.9. The summed E-state index contributed by atoms with van der Waals surface area (Å²) in [6.07, 6.45) is 0.762. The minimum Gasteiger partial charge on any atom is -0.496 e. The van der Waals surface area contributed by atoms with E-state index in [0.29, 0.717) is 30.7 Å². The summed E-state index contributed by atoms with van der Waals surface area (Å²) in [4.78, 5) is 27.3. The third-order valence-corrected chi connectivity index (χ3v) is 5.25. The van der Waals surface area contributed by atoms with Gasteiger partial charge in [-0.1, -0.05) is 36.4 Å². The van der Waals surface area contributed by atoms with Crippen LogP contribution >= 0.6 is 0 Å². The van der Waals surface area contributed by atoms with E-state index in [9.17, 15) is 14.0 Å². The lowest BCUT2D eigenvalue weighted by Gasteiger charge is -2.40. The van der Waals surface area contributed by atoms with Gasteiger partial charge in [-0.2, -0.15) is 0 Å². The lowest BCUT2D eigenvalue weighted by molar-refractivity contribution is -0.143. The highest BCUT2D eigenvalue weighted by molar-refractivity contribution is 5.85. The summed E-state index contributed by atoms with van der Waals surface area (Å²) in [7, 11) is 1.58. The highest BCUT2D eigenvalue weighted by atomic mass is 19.1. The van der Waals surface area contributed by atoms with Gasteiger partial charge in [0.15, 0.2) is 0 Å². The van der Waals surface area contributed by atoms with Crippen LogP contribution in [0.2, 0.25) is 0 Å². The van der Waals surface area contributed by atoms with E-state index in [1.54, 1.807) is 30.2 Å². The summed E-state index contributed by atoms with van der Waals surface area (Å²) in [5, 5.41) is 2.85. The molecule has 1 heterocycles. The molecule has 2 atom stereocenters. The highest BCUT2D eigenvalue weighted by Crippen LogP contribution is 2.40. The number of carbonyl (C=O) groups excluding carboxylic acids is 2. The maximum atomic E-state index is 13.9. The topological polar surface area (TPSA) is 58.6 Å². The quantitative estimate of drug-likeness (QED) is 0.830. The molecule has 0 saturated carbocycles. The van der Waals surface area contributed by atoms with Gasteiger partial charge in [0.05, 0.1) is 19.1 Å². The zero-order valence-corrected chi connectivity index (χ0v) is 16.2. The SMILES string of the molecule is CCN1C(=O)CC[C@@H](C(=O)NCc2ccccc2F)[C@@H]1c1ccccc1OC. The van der Waals surface area contributed by atoms with Crippen LogP contribution in [0.25, 0.3) is 0 Å². The van der Waals surface area contributed by atoms with Gasteiger partial charge in [0.1, 0.15) is 11.6 Å². The first-order valence-electron chi connectivity index (χ1n) is 9.50. The van der Waals surface area contributed by atoms with Crippen molar-refractivity contribution in [3.05, 3.63) is 65.5 Å². The van der Waals surface area contributed by atoms with E-state index in [2.05, 4.69) is 5.32 Å². The maximum absolute atomic E-state index is 13.9. The fourth-order valence-electron chi connectivity index (χ4n) is 3.85. The van der Waals surface area contributed by atoms with E-state index in [0.717, 1.165) is 5.56 Å². The van der Waals surface area contributed by atoms with E-state index in [-0.39, 0.29) is 24.2 Å². The molecule has 0 aromatic heterocycles. The van der Waals surface area contributed by atoms with E-state index in [4.69, 9.17) is 4.74 Å². The summed E-state index contributed by atoms with van der Waals surface area (Å²) >= 11 is 0. The van der Waals surface area contributed by atoms with Crippen molar-refractivity contribution >= 4 is 11.8 Å². The molecular formula is C22H25FN2O3. The molecule has 148 valence electrons. The number of para-hydroxylation sites is 1. The average molecular weight is 384 g/mol. The Morgan fingerprint density at radius 1 is 1.21 bits per heavy atom. The van der Waals surface area contributed by atoms with Gasteiger partial charge in [0.2, 0.25) is 11.8 Å². The smallest absolute Gasteiger partial charge is 0.225 e. The van der Waals surface area contributed by atoms with Crippen molar-refractivity contribution in [2.75, 3.05) is 13.7 Å². The number of nitrogens with zero attached hydrogens (tertiary/aromatic N) is 1. The number of nitrogens with one attached hydrogen (secondary N) is 1. The number of benzene rings is 2. The predicted octanol–water partition coefficient (Wildman–Crippen LogP) is 3.45. The van der Waals surface area contributed by atoms with Gasteiger partial charge < -0.3 is 15.0 Å². The Bertz CT molecular complexity index is 855. The van der Waals surface area contributed by atoms with Crippen LogP contribution in [0.4, 0.5) is 4.39 Å². The third kappa shape index (κ3) is 4.01. The lowest BCUT2D eigenvalue weighted by Crippen LogP contribution is -2.48. The van der Waals surface area contributed by atoms with E-state index < -0.39 is 12.0 Å². The van der Waals surface area contributed by atoms with Crippen LogP contribution < -0.4 is 10.1 Å². The molecule has 1 fully saturated rings. The lowest BCUT2D eigenvalue weighted by atomic mass is 9.83. The average Bonchev–Trinajstić information content (AvgIpc) is 2.72. The number of rotatable bonds is 6. The third-order valence-electron chi connectivity index (χ3n) is 5.25. The first-order chi connectivity index (χ1) is 13.6. The minimum absolute atomic E-state index is 0.0246. The van der Waals surface area contributed by atoms with E-state index in [1.807, 2.05) is 31.2 Å². The number of hydrogen-bond donors (Lipinski definition) is 1. The molecule has 3 rings (SSSR count). The molecule has 0 radical (unpaired) electrons. The largest absolute Gasteiger partial charge is 0.496 e. The molecule has 28 heavy (non-hydrogen) atoms. The van der Waals surface area contributed by atoms with Crippen molar-refractivity contribution in [1.82, 2.24) is 10.2 Å². The number of halogens is 1. The summed E-state index contributed by atoms with van der Waals surface area (Å²) in [5.41, 5.74) is 1.25. The molecule has 0 aliphatic carbocycles. The summed E-state index contributed by atoms with van der Waals surface area (Å²) in [5.74, 6) is -0.298. The van der Waals surface area contributed by atoms with Crippen molar-refractivity contribution < 1.29 is 18.7 Å². The molecule has 5 nitrogen and oxygen atoms in total. The van der Waals surface area contributed by atoms with Gasteiger partial charge >= 0.3 is 0 Å². The van der Waals surface area contributed by atoms with Crippen LogP contribution in [0.3, 0.4) is 0 Å². The Labute approximate surface area is 164 Å². The monoisotopic (exact) mass is 384 g/mol. The highest BCUT2D eigenvalue weighted by Gasteiger charge is 2.41. The second-order valence-corrected chi connectivity index (χ2v) is 6.82. The molecule has 0 unspecified atom stereocenters. The summed E-state index contributed by atoms with van der Waals surface area (Å²) < 4.78 is 19.4. The molecule has 1 aliphatic heterocycles. The molecule has 1 aliphatic rings. The second-order valence-electron chi connectivity index (χ2n) is 6.82. The van der Waals surface area contributed by atoms with Gasteiger partial charge in [0.25, 0.3) is 0 Å². The van der Waals surface area contributed by atoms with Gasteiger partial charge in [-0.15, -0.1) is 0 Å². The molecule has 0 spiro atoms. The molecule has 6 heteroatoms. The number of methoxy groups -OCH3 is 1. The van der Waals surface area contributed by atoms with Gasteiger partial charge in [-0.05, 0) is 25.5 Å². The fourth-order valence-corrected chi connectivity index (χ4v) is 3.85. The Hall–Kier alpha value is -2.89. The first-order valence-corrected chi connectivity index (χ1v) is 9.50. The van der Waals surface area contributed by atoms with Crippen LogP contribution in [-0.4, -0.2) is 30.4 Å². The van der Waals surface area contributed by atoms with Gasteiger partial charge in [0, 0.05) is 30.6 Å². The number of piperidine rings is 1. The van der Waals surface area contributed by atoms with Crippen LogP contribution in [-0.2, 0) is 16.1 Å². The number of ether oxygens (including phenoxy) is 1. The van der Waals surface area contributed by atoms with Crippen molar-refractivity contribution in [1.29, 1.82) is 0 Å². The normalized spacial score (nSPS) is 19.4. The number of amides is 2. The van der Waals surface area contributed by atoms with E-state index in [1.165, 1.54) is 6.07 Å². The number of carbonyl (C=O) groups is 2. The minimum atomic E-state index is -0.430. The predicted molar refractivity (Wildman–Crippen MR) is 104 cm³/mol. The van der Waals surface area contributed by atoms with Crippen molar-refractivity contribution in [2.45, 2.75) is 32.4 Å².